The van der Waals surface area contributed by atoms with E-state index in [1.54, 1.807) is 7.11 Å². The average Bonchev–Trinajstić information content (AvgIpc) is 2.43. The molecule has 4 nitrogen and oxygen atoms in total. The molecule has 0 aromatic carbocycles. The van der Waals surface area contributed by atoms with Crippen LogP contribution in [0.1, 0.15) is 49.4 Å². The number of pyridine rings is 1. The molecule has 0 aliphatic heterocycles. The van der Waals surface area contributed by atoms with Gasteiger partial charge in [0, 0.05) is 19.0 Å². The van der Waals surface area contributed by atoms with E-state index in [2.05, 4.69) is 16.5 Å². The first kappa shape index (κ1) is 13.5. The van der Waals surface area contributed by atoms with Crippen molar-refractivity contribution in [2.75, 3.05) is 7.11 Å². The molecule has 1 heterocycles. The van der Waals surface area contributed by atoms with Crippen LogP contribution in [-0.4, -0.2) is 17.7 Å². The van der Waals surface area contributed by atoms with E-state index in [1.165, 1.54) is 19.3 Å². The van der Waals surface area contributed by atoms with Crippen molar-refractivity contribution < 1.29 is 4.74 Å². The lowest BCUT2D eigenvalue weighted by Crippen LogP contribution is -2.49. The standard InChI is InChI=1S/C14H23N3O/c1-11-6-7-12(10-16-11)13(17-15)14(18-2)8-4-3-5-9-14/h6-7,10,13,17H,3-5,8-9,15H2,1-2H3. The van der Waals surface area contributed by atoms with Crippen LogP contribution in [0.15, 0.2) is 18.3 Å². The fraction of sp³-hybridized carbons (Fsp3) is 0.643. The summed E-state index contributed by atoms with van der Waals surface area (Å²) < 4.78 is 5.85. The SMILES string of the molecule is COC1(C(NN)c2ccc(C)nc2)CCCCC1. The van der Waals surface area contributed by atoms with Crippen molar-refractivity contribution in [2.45, 2.75) is 50.7 Å². The fourth-order valence-electron chi connectivity index (χ4n) is 2.96. The van der Waals surface area contributed by atoms with E-state index in [0.717, 1.165) is 24.1 Å². The Bertz CT molecular complexity index is 371. The minimum Gasteiger partial charge on any atom is -0.376 e. The lowest BCUT2D eigenvalue weighted by atomic mass is 9.77. The number of methoxy groups -OCH3 is 1. The second-order valence-electron chi connectivity index (χ2n) is 5.16. The predicted molar refractivity (Wildman–Crippen MR) is 71.9 cm³/mol. The maximum atomic E-state index is 5.85. The van der Waals surface area contributed by atoms with Crippen molar-refractivity contribution in [2.24, 2.45) is 5.84 Å². The molecule has 0 radical (unpaired) electrons. The van der Waals surface area contributed by atoms with Crippen LogP contribution in [0.5, 0.6) is 0 Å². The molecular weight excluding hydrogens is 226 g/mol. The monoisotopic (exact) mass is 249 g/mol. The van der Waals surface area contributed by atoms with Crippen molar-refractivity contribution in [1.82, 2.24) is 10.4 Å². The van der Waals surface area contributed by atoms with Crippen molar-refractivity contribution in [1.29, 1.82) is 0 Å². The lowest BCUT2D eigenvalue weighted by molar-refractivity contribution is -0.0689. The Hall–Kier alpha value is -0.970. The molecule has 1 atom stereocenters. The summed E-state index contributed by atoms with van der Waals surface area (Å²) in [7, 11) is 1.79. The molecule has 1 saturated carbocycles. The summed E-state index contributed by atoms with van der Waals surface area (Å²) in [6, 6.07) is 4.12. The van der Waals surface area contributed by atoms with Crippen molar-refractivity contribution >= 4 is 0 Å². The number of rotatable bonds is 4. The first-order valence-corrected chi connectivity index (χ1v) is 6.66. The minimum atomic E-state index is -0.191. The van der Waals surface area contributed by atoms with E-state index in [4.69, 9.17) is 10.6 Å². The van der Waals surface area contributed by atoms with Gasteiger partial charge in [-0.2, -0.15) is 0 Å². The highest BCUT2D eigenvalue weighted by Crippen LogP contribution is 2.40. The van der Waals surface area contributed by atoms with Gasteiger partial charge >= 0.3 is 0 Å². The topological polar surface area (TPSA) is 60.2 Å². The zero-order chi connectivity index (χ0) is 13.0. The number of nitrogens with zero attached hydrogens (tertiary/aromatic N) is 1. The van der Waals surface area contributed by atoms with Gasteiger partial charge in [0.2, 0.25) is 0 Å². The highest BCUT2D eigenvalue weighted by atomic mass is 16.5. The molecule has 0 saturated heterocycles. The zero-order valence-electron chi connectivity index (χ0n) is 11.3. The Morgan fingerprint density at radius 1 is 1.33 bits per heavy atom. The normalized spacial score (nSPS) is 20.6. The summed E-state index contributed by atoms with van der Waals surface area (Å²) in [5.74, 6) is 5.78. The van der Waals surface area contributed by atoms with Crippen LogP contribution in [0.25, 0.3) is 0 Å². The van der Waals surface area contributed by atoms with Crippen molar-refractivity contribution in [3.63, 3.8) is 0 Å². The third kappa shape index (κ3) is 2.55. The number of nitrogens with two attached hydrogens (primary N) is 1. The van der Waals surface area contributed by atoms with E-state index < -0.39 is 0 Å². The number of hydrazine groups is 1. The van der Waals surface area contributed by atoms with Gasteiger partial charge in [-0.25, -0.2) is 0 Å². The quantitative estimate of drug-likeness (QED) is 0.634. The van der Waals surface area contributed by atoms with Crippen LogP contribution < -0.4 is 11.3 Å². The van der Waals surface area contributed by atoms with E-state index in [0.29, 0.717) is 0 Å². The number of ether oxygens (including phenoxy) is 1. The maximum Gasteiger partial charge on any atom is 0.0886 e. The molecule has 3 N–H and O–H groups in total. The highest BCUT2D eigenvalue weighted by Gasteiger charge is 2.40. The van der Waals surface area contributed by atoms with Gasteiger partial charge < -0.3 is 4.74 Å². The Labute approximate surface area is 109 Å². The van der Waals surface area contributed by atoms with Gasteiger partial charge in [-0.15, -0.1) is 0 Å². The number of hydrogen-bond donors (Lipinski definition) is 2. The fourth-order valence-corrected chi connectivity index (χ4v) is 2.96. The average molecular weight is 249 g/mol. The smallest absolute Gasteiger partial charge is 0.0886 e. The van der Waals surface area contributed by atoms with Gasteiger partial charge in [-0.3, -0.25) is 16.3 Å². The molecule has 1 aliphatic carbocycles. The molecule has 18 heavy (non-hydrogen) atoms. The molecule has 0 bridgehead atoms. The summed E-state index contributed by atoms with van der Waals surface area (Å²) in [6.45, 7) is 1.99. The highest BCUT2D eigenvalue weighted by molar-refractivity contribution is 5.21. The van der Waals surface area contributed by atoms with Gasteiger partial charge in [0.05, 0.1) is 11.6 Å². The van der Waals surface area contributed by atoms with Crippen LogP contribution >= 0.6 is 0 Å². The third-order valence-corrected chi connectivity index (χ3v) is 4.07. The molecular formula is C14H23N3O. The Morgan fingerprint density at radius 3 is 2.56 bits per heavy atom. The first-order valence-electron chi connectivity index (χ1n) is 6.66. The van der Waals surface area contributed by atoms with Crippen molar-refractivity contribution in [3.8, 4) is 0 Å². The van der Waals surface area contributed by atoms with Gasteiger partial charge in [0.25, 0.3) is 0 Å². The summed E-state index contributed by atoms with van der Waals surface area (Å²) in [6.07, 6.45) is 7.68. The molecule has 100 valence electrons. The minimum absolute atomic E-state index is 0.0101. The van der Waals surface area contributed by atoms with Crippen LogP contribution in [-0.2, 0) is 4.74 Å². The number of aryl methyl sites for hydroxylation is 1. The second-order valence-corrected chi connectivity index (χ2v) is 5.16. The van der Waals surface area contributed by atoms with E-state index in [-0.39, 0.29) is 11.6 Å². The van der Waals surface area contributed by atoms with Crippen LogP contribution in [0.2, 0.25) is 0 Å². The number of aromatic nitrogens is 1. The molecule has 0 spiro atoms. The maximum absolute atomic E-state index is 5.85. The Kier molecular flexibility index (Phi) is 4.32. The molecule has 1 fully saturated rings. The number of nitrogens with one attached hydrogen (secondary N) is 1. The lowest BCUT2D eigenvalue weighted by Gasteiger charge is -2.42. The predicted octanol–water partition coefficient (Wildman–Crippen LogP) is 2.24. The summed E-state index contributed by atoms with van der Waals surface area (Å²) in [5.41, 5.74) is 4.87. The van der Waals surface area contributed by atoms with Crippen LogP contribution in [0.3, 0.4) is 0 Å². The van der Waals surface area contributed by atoms with Crippen molar-refractivity contribution in [3.05, 3.63) is 29.6 Å². The molecule has 0 amide bonds. The Balaban J connectivity index is 2.27. The molecule has 1 aliphatic rings. The van der Waals surface area contributed by atoms with Gasteiger partial charge in [0.15, 0.2) is 0 Å². The molecule has 1 unspecified atom stereocenters. The van der Waals surface area contributed by atoms with Gasteiger partial charge in [-0.1, -0.05) is 25.3 Å². The molecule has 1 aromatic heterocycles. The molecule has 1 aromatic rings. The zero-order valence-corrected chi connectivity index (χ0v) is 11.3. The van der Waals surface area contributed by atoms with Gasteiger partial charge in [0.1, 0.15) is 0 Å². The van der Waals surface area contributed by atoms with E-state index >= 15 is 0 Å². The summed E-state index contributed by atoms with van der Waals surface area (Å²) in [5, 5.41) is 0. The molecule has 2 rings (SSSR count). The summed E-state index contributed by atoms with van der Waals surface area (Å²) >= 11 is 0. The third-order valence-electron chi connectivity index (χ3n) is 4.07. The molecule has 4 heteroatoms. The van der Waals surface area contributed by atoms with E-state index in [9.17, 15) is 0 Å². The van der Waals surface area contributed by atoms with E-state index in [1.807, 2.05) is 19.2 Å². The second kappa shape index (κ2) is 5.78. The van der Waals surface area contributed by atoms with Crippen LogP contribution in [0.4, 0.5) is 0 Å². The van der Waals surface area contributed by atoms with Gasteiger partial charge in [-0.05, 0) is 31.4 Å². The largest absolute Gasteiger partial charge is 0.376 e. The summed E-state index contributed by atoms with van der Waals surface area (Å²) in [4.78, 5) is 4.36. The van der Waals surface area contributed by atoms with Crippen LogP contribution in [0, 0.1) is 6.92 Å². The Morgan fingerprint density at radius 2 is 2.06 bits per heavy atom. The first-order chi connectivity index (χ1) is 8.72. The number of hydrogen-bond acceptors (Lipinski definition) is 4.